The molecule has 5 nitrogen and oxygen atoms in total. The molecule has 2 aromatic rings. The summed E-state index contributed by atoms with van der Waals surface area (Å²) < 4.78 is 27.4. The van der Waals surface area contributed by atoms with Gasteiger partial charge in [0.25, 0.3) is 0 Å². The lowest BCUT2D eigenvalue weighted by molar-refractivity contribution is -0.116. The van der Waals surface area contributed by atoms with Crippen LogP contribution in [-0.2, 0) is 21.2 Å². The quantitative estimate of drug-likeness (QED) is 0.809. The zero-order valence-electron chi connectivity index (χ0n) is 15.7. The van der Waals surface area contributed by atoms with Crippen molar-refractivity contribution >= 4 is 21.6 Å². The van der Waals surface area contributed by atoms with Gasteiger partial charge in [0, 0.05) is 25.7 Å². The topological polar surface area (TPSA) is 66.5 Å². The summed E-state index contributed by atoms with van der Waals surface area (Å²) in [6, 6.07) is 12.7. The molecular weight excluding hydrogens is 348 g/mol. The van der Waals surface area contributed by atoms with Crippen molar-refractivity contribution in [3.63, 3.8) is 0 Å². The molecule has 0 aromatic heterocycles. The van der Waals surface area contributed by atoms with E-state index >= 15 is 0 Å². The second kappa shape index (κ2) is 8.47. The van der Waals surface area contributed by atoms with Gasteiger partial charge in [0.05, 0.1) is 4.90 Å². The van der Waals surface area contributed by atoms with Gasteiger partial charge in [-0.1, -0.05) is 36.8 Å². The molecule has 0 radical (unpaired) electrons. The maximum Gasteiger partial charge on any atom is 0.240 e. The molecule has 1 N–H and O–H groups in total. The average Bonchev–Trinajstić information content (AvgIpc) is 2.59. The lowest BCUT2D eigenvalue weighted by atomic mass is 10.1. The van der Waals surface area contributed by atoms with E-state index in [1.807, 2.05) is 51.1 Å². The summed E-state index contributed by atoms with van der Waals surface area (Å²) in [5.41, 5.74) is 3.99. The monoisotopic (exact) mass is 374 g/mol. The van der Waals surface area contributed by atoms with Gasteiger partial charge in [-0.2, -0.15) is 0 Å². The standard InChI is InChI=1S/C20H26N2O3S/c1-5-18-7-9-19(10-8-18)26(24,25)21-12-13-22(17(4)23)20-11-6-15(2)14-16(20)3/h6-11,14,21H,5,12-13H2,1-4H3. The minimum atomic E-state index is -3.59. The smallest absolute Gasteiger partial charge is 0.240 e. The van der Waals surface area contributed by atoms with Crippen LogP contribution >= 0.6 is 0 Å². The van der Waals surface area contributed by atoms with Crippen molar-refractivity contribution in [2.24, 2.45) is 0 Å². The van der Waals surface area contributed by atoms with E-state index in [0.29, 0.717) is 0 Å². The van der Waals surface area contributed by atoms with Crippen molar-refractivity contribution in [2.45, 2.75) is 39.0 Å². The molecule has 0 fully saturated rings. The van der Waals surface area contributed by atoms with Gasteiger partial charge in [0.15, 0.2) is 0 Å². The molecule has 2 aromatic carbocycles. The Bertz CT molecular complexity index is 874. The second-order valence-electron chi connectivity index (χ2n) is 6.36. The highest BCUT2D eigenvalue weighted by Crippen LogP contribution is 2.21. The Morgan fingerprint density at radius 1 is 1.08 bits per heavy atom. The van der Waals surface area contributed by atoms with Crippen LogP contribution < -0.4 is 9.62 Å². The summed E-state index contributed by atoms with van der Waals surface area (Å²) in [7, 11) is -3.59. The molecule has 0 heterocycles. The lowest BCUT2D eigenvalue weighted by Gasteiger charge is -2.23. The maximum absolute atomic E-state index is 12.4. The van der Waals surface area contributed by atoms with E-state index in [0.717, 1.165) is 28.8 Å². The summed E-state index contributed by atoms with van der Waals surface area (Å²) in [6.07, 6.45) is 0.858. The molecule has 0 spiro atoms. The van der Waals surface area contributed by atoms with Crippen molar-refractivity contribution in [3.05, 3.63) is 59.2 Å². The predicted molar refractivity (Wildman–Crippen MR) is 105 cm³/mol. The number of hydrogen-bond donors (Lipinski definition) is 1. The van der Waals surface area contributed by atoms with Gasteiger partial charge in [-0.3, -0.25) is 4.79 Å². The number of amides is 1. The molecule has 0 atom stereocenters. The molecule has 26 heavy (non-hydrogen) atoms. The zero-order valence-corrected chi connectivity index (χ0v) is 16.6. The highest BCUT2D eigenvalue weighted by atomic mass is 32.2. The fourth-order valence-electron chi connectivity index (χ4n) is 2.84. The van der Waals surface area contributed by atoms with E-state index in [1.54, 1.807) is 17.0 Å². The number of sulfonamides is 1. The minimum absolute atomic E-state index is 0.122. The molecule has 0 unspecified atom stereocenters. The van der Waals surface area contributed by atoms with Crippen LogP contribution in [0.4, 0.5) is 5.69 Å². The van der Waals surface area contributed by atoms with E-state index in [2.05, 4.69) is 4.72 Å². The highest BCUT2D eigenvalue weighted by Gasteiger charge is 2.17. The van der Waals surface area contributed by atoms with Crippen LogP contribution in [-0.4, -0.2) is 27.4 Å². The van der Waals surface area contributed by atoms with Crippen molar-refractivity contribution < 1.29 is 13.2 Å². The Morgan fingerprint density at radius 2 is 1.73 bits per heavy atom. The Hall–Kier alpha value is -2.18. The Balaban J connectivity index is 2.08. The Labute approximate surface area is 156 Å². The summed E-state index contributed by atoms with van der Waals surface area (Å²) in [5, 5.41) is 0. The number of nitrogens with one attached hydrogen (secondary N) is 1. The van der Waals surface area contributed by atoms with Crippen LogP contribution in [0.1, 0.15) is 30.5 Å². The molecule has 0 bridgehead atoms. The molecule has 140 valence electrons. The number of benzene rings is 2. The van der Waals surface area contributed by atoms with Crippen LogP contribution in [0.5, 0.6) is 0 Å². The summed E-state index contributed by atoms with van der Waals surface area (Å²) in [5.74, 6) is -0.122. The van der Waals surface area contributed by atoms with Gasteiger partial charge in [-0.05, 0) is 49.6 Å². The van der Waals surface area contributed by atoms with E-state index < -0.39 is 10.0 Å². The van der Waals surface area contributed by atoms with Crippen molar-refractivity contribution in [1.82, 2.24) is 4.72 Å². The first-order valence-corrected chi connectivity index (χ1v) is 10.2. The largest absolute Gasteiger partial charge is 0.311 e. The number of anilines is 1. The number of rotatable bonds is 7. The van der Waals surface area contributed by atoms with Crippen LogP contribution in [0, 0.1) is 13.8 Å². The van der Waals surface area contributed by atoms with Crippen molar-refractivity contribution in [3.8, 4) is 0 Å². The SMILES string of the molecule is CCc1ccc(S(=O)(=O)NCCN(C(C)=O)c2ccc(C)cc2C)cc1. The van der Waals surface area contributed by atoms with Crippen molar-refractivity contribution in [2.75, 3.05) is 18.0 Å². The molecule has 6 heteroatoms. The first-order chi connectivity index (χ1) is 12.2. The third-order valence-corrected chi connectivity index (χ3v) is 5.77. The fourth-order valence-corrected chi connectivity index (χ4v) is 3.86. The first kappa shape index (κ1) is 20.1. The van der Waals surface area contributed by atoms with E-state index in [4.69, 9.17) is 0 Å². The second-order valence-corrected chi connectivity index (χ2v) is 8.12. The van der Waals surface area contributed by atoms with Gasteiger partial charge in [-0.25, -0.2) is 13.1 Å². The van der Waals surface area contributed by atoms with Crippen LogP contribution in [0.25, 0.3) is 0 Å². The third-order valence-electron chi connectivity index (χ3n) is 4.29. The predicted octanol–water partition coefficient (Wildman–Crippen LogP) is 3.20. The normalized spacial score (nSPS) is 11.4. The molecule has 0 saturated heterocycles. The van der Waals surface area contributed by atoms with E-state index in [9.17, 15) is 13.2 Å². The number of hydrogen-bond acceptors (Lipinski definition) is 3. The first-order valence-electron chi connectivity index (χ1n) is 8.68. The minimum Gasteiger partial charge on any atom is -0.311 e. The maximum atomic E-state index is 12.4. The fraction of sp³-hybridized carbons (Fsp3) is 0.350. The van der Waals surface area contributed by atoms with Gasteiger partial charge in [0.2, 0.25) is 15.9 Å². The van der Waals surface area contributed by atoms with Gasteiger partial charge in [-0.15, -0.1) is 0 Å². The molecule has 0 aliphatic rings. The van der Waals surface area contributed by atoms with Crippen molar-refractivity contribution in [1.29, 1.82) is 0 Å². The van der Waals surface area contributed by atoms with Gasteiger partial charge >= 0.3 is 0 Å². The van der Waals surface area contributed by atoms with Crippen LogP contribution in [0.3, 0.4) is 0 Å². The average molecular weight is 375 g/mol. The van der Waals surface area contributed by atoms with E-state index in [1.165, 1.54) is 6.92 Å². The molecule has 2 rings (SSSR count). The molecular formula is C20H26N2O3S. The molecule has 0 saturated carbocycles. The number of carbonyl (C=O) groups excluding carboxylic acids is 1. The molecule has 0 aliphatic heterocycles. The molecule has 1 amide bonds. The third kappa shape index (κ3) is 4.93. The number of carbonyl (C=O) groups is 1. The van der Waals surface area contributed by atoms with Gasteiger partial charge in [0.1, 0.15) is 0 Å². The summed E-state index contributed by atoms with van der Waals surface area (Å²) >= 11 is 0. The Morgan fingerprint density at radius 3 is 2.27 bits per heavy atom. The zero-order chi connectivity index (χ0) is 19.3. The summed E-state index contributed by atoms with van der Waals surface area (Å²) in [6.45, 7) is 7.85. The molecule has 0 aliphatic carbocycles. The lowest BCUT2D eigenvalue weighted by Crippen LogP contribution is -2.37. The van der Waals surface area contributed by atoms with E-state index in [-0.39, 0.29) is 23.9 Å². The van der Waals surface area contributed by atoms with Crippen LogP contribution in [0.15, 0.2) is 47.4 Å². The summed E-state index contributed by atoms with van der Waals surface area (Å²) in [4.78, 5) is 13.9. The van der Waals surface area contributed by atoms with Gasteiger partial charge < -0.3 is 4.90 Å². The van der Waals surface area contributed by atoms with Crippen LogP contribution in [0.2, 0.25) is 0 Å². The Kier molecular flexibility index (Phi) is 6.56. The number of nitrogens with zero attached hydrogens (tertiary/aromatic N) is 1. The number of aryl methyl sites for hydroxylation is 3. The highest BCUT2D eigenvalue weighted by molar-refractivity contribution is 7.89.